The van der Waals surface area contributed by atoms with Gasteiger partial charge in [-0.25, -0.2) is 9.78 Å². The minimum atomic E-state index is -0.980. The van der Waals surface area contributed by atoms with Crippen molar-refractivity contribution in [3.8, 4) is 22.2 Å². The van der Waals surface area contributed by atoms with Crippen LogP contribution in [0.25, 0.3) is 22.2 Å². The van der Waals surface area contributed by atoms with E-state index in [1.165, 1.54) is 29.7 Å². The molecule has 19 heavy (non-hydrogen) atoms. The molecule has 3 aromatic rings. The quantitative estimate of drug-likeness (QED) is 0.792. The molecule has 0 bridgehead atoms. The molecule has 0 aliphatic heterocycles. The molecular formula is C13H8N2O3S. The second-order valence-corrected chi connectivity index (χ2v) is 4.61. The highest BCUT2D eigenvalue weighted by Crippen LogP contribution is 2.28. The van der Waals surface area contributed by atoms with E-state index >= 15 is 0 Å². The third kappa shape index (κ3) is 2.25. The molecule has 0 atom stereocenters. The summed E-state index contributed by atoms with van der Waals surface area (Å²) in [4.78, 5) is 19.5. The van der Waals surface area contributed by atoms with Gasteiger partial charge in [0.1, 0.15) is 10.7 Å². The first-order valence-corrected chi connectivity index (χ1v) is 6.31. The lowest BCUT2D eigenvalue weighted by atomic mass is 10.2. The molecule has 0 fully saturated rings. The van der Waals surface area contributed by atoms with Crippen LogP contribution >= 0.6 is 11.3 Å². The normalized spacial score (nSPS) is 10.5. The minimum absolute atomic E-state index is 0.194. The first-order valence-electron chi connectivity index (χ1n) is 5.43. The maximum atomic E-state index is 10.9. The van der Waals surface area contributed by atoms with Crippen LogP contribution in [0.1, 0.15) is 10.4 Å². The van der Waals surface area contributed by atoms with Gasteiger partial charge in [0.05, 0.1) is 17.5 Å². The van der Waals surface area contributed by atoms with Gasteiger partial charge in [0.15, 0.2) is 5.76 Å². The molecule has 94 valence electrons. The van der Waals surface area contributed by atoms with E-state index in [4.69, 9.17) is 9.52 Å². The van der Waals surface area contributed by atoms with Crippen molar-refractivity contribution in [3.63, 3.8) is 0 Å². The number of furan rings is 1. The van der Waals surface area contributed by atoms with Crippen molar-refractivity contribution >= 4 is 17.3 Å². The molecule has 0 radical (unpaired) electrons. The summed E-state index contributed by atoms with van der Waals surface area (Å²) in [6, 6.07) is 6.57. The molecule has 0 aliphatic rings. The Kier molecular flexibility index (Phi) is 2.85. The van der Waals surface area contributed by atoms with E-state index < -0.39 is 5.97 Å². The second kappa shape index (κ2) is 4.66. The highest BCUT2D eigenvalue weighted by molar-refractivity contribution is 7.13. The fraction of sp³-hybridized carbons (Fsp3) is 0. The molecule has 0 saturated carbocycles. The van der Waals surface area contributed by atoms with Gasteiger partial charge in [-0.05, 0) is 24.3 Å². The molecule has 3 aromatic heterocycles. The Labute approximate surface area is 112 Å². The van der Waals surface area contributed by atoms with E-state index in [2.05, 4.69) is 9.97 Å². The number of carboxylic acid groups (broad SMARTS) is 1. The lowest BCUT2D eigenvalue weighted by Gasteiger charge is -1.97. The number of carboxylic acids is 1. The molecule has 0 aromatic carbocycles. The van der Waals surface area contributed by atoms with Crippen LogP contribution in [-0.4, -0.2) is 21.0 Å². The number of rotatable bonds is 3. The standard InChI is InChI=1S/C13H8N2O3S/c16-13(17)8-3-4-14-9(6-8)12-15-10(7-19-12)11-2-1-5-18-11/h1-7H,(H,16,17). The lowest BCUT2D eigenvalue weighted by Crippen LogP contribution is -1.97. The predicted octanol–water partition coefficient (Wildman–Crippen LogP) is 3.16. The van der Waals surface area contributed by atoms with Crippen molar-refractivity contribution in [2.45, 2.75) is 0 Å². The molecule has 3 rings (SSSR count). The molecule has 6 heteroatoms. The van der Waals surface area contributed by atoms with Gasteiger partial charge >= 0.3 is 5.97 Å². The Morgan fingerprint density at radius 1 is 1.32 bits per heavy atom. The van der Waals surface area contributed by atoms with Crippen molar-refractivity contribution < 1.29 is 14.3 Å². The summed E-state index contributed by atoms with van der Waals surface area (Å²) in [5.74, 6) is -0.302. The van der Waals surface area contributed by atoms with Crippen LogP contribution in [0.5, 0.6) is 0 Å². The first kappa shape index (κ1) is 11.6. The van der Waals surface area contributed by atoms with Gasteiger partial charge in [0, 0.05) is 11.6 Å². The highest BCUT2D eigenvalue weighted by atomic mass is 32.1. The maximum Gasteiger partial charge on any atom is 0.335 e. The Bertz CT molecular complexity index is 719. The summed E-state index contributed by atoms with van der Waals surface area (Å²) in [5.41, 5.74) is 1.45. The van der Waals surface area contributed by atoms with Crippen LogP contribution in [0.3, 0.4) is 0 Å². The van der Waals surface area contributed by atoms with Crippen molar-refractivity contribution in [2.75, 3.05) is 0 Å². The summed E-state index contributed by atoms with van der Waals surface area (Å²) >= 11 is 1.39. The molecule has 5 nitrogen and oxygen atoms in total. The van der Waals surface area contributed by atoms with Crippen molar-refractivity contribution in [1.82, 2.24) is 9.97 Å². The van der Waals surface area contributed by atoms with Crippen LogP contribution in [0.15, 0.2) is 46.5 Å². The Balaban J connectivity index is 1.99. The van der Waals surface area contributed by atoms with E-state index in [9.17, 15) is 4.79 Å². The smallest absolute Gasteiger partial charge is 0.335 e. The number of carbonyl (C=O) groups is 1. The minimum Gasteiger partial charge on any atom is -0.478 e. The zero-order valence-corrected chi connectivity index (χ0v) is 10.4. The average Bonchev–Trinajstić information content (AvgIpc) is 3.09. The molecule has 0 unspecified atom stereocenters. The molecule has 0 saturated heterocycles. The molecule has 0 aliphatic carbocycles. The number of hydrogen-bond acceptors (Lipinski definition) is 5. The SMILES string of the molecule is O=C(O)c1ccnc(-c2nc(-c3ccco3)cs2)c1. The van der Waals surface area contributed by atoms with Gasteiger partial charge in [-0.15, -0.1) is 11.3 Å². The van der Waals surface area contributed by atoms with Crippen LogP contribution in [0, 0.1) is 0 Å². The summed E-state index contributed by atoms with van der Waals surface area (Å²) in [6.07, 6.45) is 3.05. The predicted molar refractivity (Wildman–Crippen MR) is 70.0 cm³/mol. The molecule has 1 N–H and O–H groups in total. The van der Waals surface area contributed by atoms with Crippen LogP contribution in [0.4, 0.5) is 0 Å². The monoisotopic (exact) mass is 272 g/mol. The molecular weight excluding hydrogens is 264 g/mol. The summed E-state index contributed by atoms with van der Waals surface area (Å²) in [6.45, 7) is 0. The Morgan fingerprint density at radius 3 is 2.95 bits per heavy atom. The van der Waals surface area contributed by atoms with Crippen molar-refractivity contribution in [2.24, 2.45) is 0 Å². The number of aromatic nitrogens is 2. The molecule has 0 amide bonds. The summed E-state index contributed by atoms with van der Waals surface area (Å²) < 4.78 is 5.26. The van der Waals surface area contributed by atoms with Crippen LogP contribution < -0.4 is 0 Å². The average molecular weight is 272 g/mol. The lowest BCUT2D eigenvalue weighted by molar-refractivity contribution is 0.0697. The fourth-order valence-electron chi connectivity index (χ4n) is 1.61. The largest absolute Gasteiger partial charge is 0.478 e. The number of aromatic carboxylic acids is 1. The number of pyridine rings is 1. The molecule has 3 heterocycles. The zero-order valence-electron chi connectivity index (χ0n) is 9.61. The zero-order chi connectivity index (χ0) is 13.2. The van der Waals surface area contributed by atoms with Gasteiger partial charge in [-0.3, -0.25) is 4.98 Å². The van der Waals surface area contributed by atoms with E-state index in [1.54, 1.807) is 12.3 Å². The van der Waals surface area contributed by atoms with Gasteiger partial charge in [-0.2, -0.15) is 0 Å². The number of hydrogen-bond donors (Lipinski definition) is 1. The van der Waals surface area contributed by atoms with Gasteiger partial charge in [0.25, 0.3) is 0 Å². The summed E-state index contributed by atoms with van der Waals surface area (Å²) in [7, 11) is 0. The fourth-order valence-corrected chi connectivity index (χ4v) is 2.38. The van der Waals surface area contributed by atoms with E-state index in [0.29, 0.717) is 22.2 Å². The van der Waals surface area contributed by atoms with Crippen molar-refractivity contribution in [3.05, 3.63) is 47.7 Å². The maximum absolute atomic E-state index is 10.9. The van der Waals surface area contributed by atoms with Gasteiger partial charge in [0.2, 0.25) is 0 Å². The molecule has 0 spiro atoms. The number of thiazole rings is 1. The van der Waals surface area contributed by atoms with E-state index in [0.717, 1.165) is 0 Å². The Morgan fingerprint density at radius 2 is 2.21 bits per heavy atom. The van der Waals surface area contributed by atoms with E-state index in [1.807, 2.05) is 11.4 Å². The van der Waals surface area contributed by atoms with Crippen LogP contribution in [0.2, 0.25) is 0 Å². The highest BCUT2D eigenvalue weighted by Gasteiger charge is 2.11. The second-order valence-electron chi connectivity index (χ2n) is 3.75. The van der Waals surface area contributed by atoms with Crippen LogP contribution in [-0.2, 0) is 0 Å². The number of nitrogens with zero attached hydrogens (tertiary/aromatic N) is 2. The van der Waals surface area contributed by atoms with Gasteiger partial charge in [-0.1, -0.05) is 0 Å². The van der Waals surface area contributed by atoms with Gasteiger partial charge < -0.3 is 9.52 Å². The first-order chi connectivity index (χ1) is 9.24. The van der Waals surface area contributed by atoms with Crippen molar-refractivity contribution in [1.29, 1.82) is 0 Å². The third-order valence-electron chi connectivity index (χ3n) is 2.50. The summed E-state index contributed by atoms with van der Waals surface area (Å²) in [5, 5.41) is 11.5. The Hall–Kier alpha value is -2.47. The third-order valence-corrected chi connectivity index (χ3v) is 3.37. The topological polar surface area (TPSA) is 76.2 Å². The van der Waals surface area contributed by atoms with E-state index in [-0.39, 0.29) is 5.56 Å².